The van der Waals surface area contributed by atoms with Gasteiger partial charge in [0.1, 0.15) is 0 Å². The van der Waals surface area contributed by atoms with Gasteiger partial charge in [0, 0.05) is 30.8 Å². The molecule has 1 aromatic heterocycles. The molecule has 1 heterocycles. The molecule has 0 saturated heterocycles. The summed E-state index contributed by atoms with van der Waals surface area (Å²) >= 11 is 7.28. The molecule has 1 nitrogen and oxygen atoms in total. The van der Waals surface area contributed by atoms with Gasteiger partial charge in [0.25, 0.3) is 0 Å². The summed E-state index contributed by atoms with van der Waals surface area (Å²) < 4.78 is 2.30. The monoisotopic (exact) mass is 435 g/mol. The molecule has 0 fully saturated rings. The molecule has 0 radical (unpaired) electrons. The number of halogens is 2. The second-order valence-corrected chi connectivity index (χ2v) is 8.15. The fourth-order valence-electron chi connectivity index (χ4n) is 3.30. The van der Waals surface area contributed by atoms with Crippen LogP contribution in [0.2, 0.25) is 0 Å². The number of fused-ring (bicyclic) bond motifs is 3. The molecule has 23 heavy (non-hydrogen) atoms. The Morgan fingerprint density at radius 2 is 1.57 bits per heavy atom. The molecule has 1 N–H and O–H groups in total. The zero-order valence-electron chi connectivity index (χ0n) is 13.6. The van der Waals surface area contributed by atoms with Crippen LogP contribution < -0.4 is 0 Å². The van der Waals surface area contributed by atoms with E-state index in [1.165, 1.54) is 70.4 Å². The maximum absolute atomic E-state index is 3.69. The number of aryl methyl sites for hydroxylation is 1. The Morgan fingerprint density at radius 3 is 2.39 bits per heavy atom. The normalized spacial score (nSPS) is 11.6. The minimum atomic E-state index is 1.13. The van der Waals surface area contributed by atoms with Crippen LogP contribution in [0.15, 0.2) is 39.3 Å². The average molecular weight is 437 g/mol. The molecule has 0 unspecified atom stereocenters. The molecular weight excluding hydrogens is 414 g/mol. The minimum Gasteiger partial charge on any atom is -0.354 e. The summed E-state index contributed by atoms with van der Waals surface area (Å²) in [6.07, 6.45) is 9.19. The summed E-state index contributed by atoms with van der Waals surface area (Å²) in [5.41, 5.74) is 3.94. The van der Waals surface area contributed by atoms with E-state index in [9.17, 15) is 0 Å². The van der Waals surface area contributed by atoms with Gasteiger partial charge in [-0.15, -0.1) is 0 Å². The van der Waals surface area contributed by atoms with E-state index in [4.69, 9.17) is 0 Å². The first-order valence-corrected chi connectivity index (χ1v) is 10.2. The van der Waals surface area contributed by atoms with Gasteiger partial charge in [-0.25, -0.2) is 0 Å². The van der Waals surface area contributed by atoms with Crippen LogP contribution >= 0.6 is 31.9 Å². The molecule has 0 amide bonds. The van der Waals surface area contributed by atoms with Gasteiger partial charge < -0.3 is 4.98 Å². The van der Waals surface area contributed by atoms with Crippen molar-refractivity contribution in [2.75, 3.05) is 0 Å². The Hall–Kier alpha value is -0.800. The van der Waals surface area contributed by atoms with Gasteiger partial charge in [-0.05, 0) is 48.7 Å². The lowest BCUT2D eigenvalue weighted by Crippen LogP contribution is -1.89. The Bertz CT molecular complexity index is 804. The average Bonchev–Trinajstić information content (AvgIpc) is 2.88. The molecule has 3 aromatic rings. The highest BCUT2D eigenvalue weighted by Gasteiger charge is 2.10. The van der Waals surface area contributed by atoms with E-state index in [1.54, 1.807) is 0 Å². The van der Waals surface area contributed by atoms with E-state index in [2.05, 4.69) is 74.1 Å². The van der Waals surface area contributed by atoms with E-state index in [1.807, 2.05) is 0 Å². The van der Waals surface area contributed by atoms with E-state index >= 15 is 0 Å². The molecule has 0 aliphatic rings. The first-order valence-electron chi connectivity index (χ1n) is 8.58. The lowest BCUT2D eigenvalue weighted by molar-refractivity contribution is 0.608. The second-order valence-electron chi connectivity index (χ2n) is 6.32. The molecular formula is C20H23Br2N. The van der Waals surface area contributed by atoms with Crippen molar-refractivity contribution in [3.05, 3.63) is 44.8 Å². The van der Waals surface area contributed by atoms with Crippen molar-refractivity contribution in [3.63, 3.8) is 0 Å². The van der Waals surface area contributed by atoms with Gasteiger partial charge in [0.2, 0.25) is 0 Å². The Balaban J connectivity index is 1.84. The number of hydrogen-bond donors (Lipinski definition) is 1. The number of unbranched alkanes of at least 4 members (excludes halogenated alkanes) is 5. The van der Waals surface area contributed by atoms with Crippen molar-refractivity contribution in [2.45, 2.75) is 51.9 Å². The molecule has 0 spiro atoms. The zero-order valence-corrected chi connectivity index (χ0v) is 16.8. The standard InChI is InChI=1S/C20H23Br2N/c1-2-3-4-5-6-7-8-14-11-16(22)13-18-17-12-15(21)9-10-19(17)23-20(14)18/h9-13,23H,2-8H2,1H3. The number of hydrogen-bond acceptors (Lipinski definition) is 0. The fourth-order valence-corrected chi connectivity index (χ4v) is 4.17. The summed E-state index contributed by atoms with van der Waals surface area (Å²) in [6, 6.07) is 11.0. The molecule has 0 aliphatic carbocycles. The largest absolute Gasteiger partial charge is 0.354 e. The molecule has 3 rings (SSSR count). The Labute approximate surface area is 155 Å². The highest BCUT2D eigenvalue weighted by atomic mass is 79.9. The molecule has 122 valence electrons. The van der Waals surface area contributed by atoms with E-state index < -0.39 is 0 Å². The minimum absolute atomic E-state index is 1.13. The van der Waals surface area contributed by atoms with Gasteiger partial charge >= 0.3 is 0 Å². The third kappa shape index (κ3) is 4.00. The van der Waals surface area contributed by atoms with Crippen LogP contribution in [0.25, 0.3) is 21.8 Å². The number of H-pyrrole nitrogens is 1. The summed E-state index contributed by atoms with van der Waals surface area (Å²) in [7, 11) is 0. The zero-order chi connectivity index (χ0) is 16.2. The lowest BCUT2D eigenvalue weighted by atomic mass is 10.0. The summed E-state index contributed by atoms with van der Waals surface area (Å²) in [4.78, 5) is 3.62. The van der Waals surface area contributed by atoms with Crippen LogP contribution in [-0.2, 0) is 6.42 Å². The first kappa shape index (κ1) is 17.0. The number of nitrogens with one attached hydrogen (secondary N) is 1. The smallest absolute Gasteiger partial charge is 0.0498 e. The third-order valence-electron chi connectivity index (χ3n) is 4.52. The van der Waals surface area contributed by atoms with Crippen LogP contribution in [0.5, 0.6) is 0 Å². The molecule has 0 aliphatic heterocycles. The van der Waals surface area contributed by atoms with E-state index in [0.717, 1.165) is 10.9 Å². The summed E-state index contributed by atoms with van der Waals surface area (Å²) in [6.45, 7) is 2.27. The Morgan fingerprint density at radius 1 is 0.826 bits per heavy atom. The number of aromatic nitrogens is 1. The van der Waals surface area contributed by atoms with Gasteiger partial charge in [0.15, 0.2) is 0 Å². The van der Waals surface area contributed by atoms with Gasteiger partial charge in [-0.1, -0.05) is 70.9 Å². The summed E-state index contributed by atoms with van der Waals surface area (Å²) in [5, 5.41) is 2.61. The van der Waals surface area contributed by atoms with Gasteiger partial charge in [-0.3, -0.25) is 0 Å². The van der Waals surface area contributed by atoms with Crippen molar-refractivity contribution in [2.24, 2.45) is 0 Å². The van der Waals surface area contributed by atoms with Crippen LogP contribution in [0, 0.1) is 0 Å². The first-order chi connectivity index (χ1) is 11.2. The SMILES string of the molecule is CCCCCCCCc1cc(Br)cc2c1[nH]c1ccc(Br)cc12. The predicted molar refractivity (Wildman–Crippen MR) is 108 cm³/mol. The molecule has 3 heteroatoms. The highest BCUT2D eigenvalue weighted by molar-refractivity contribution is 9.10. The van der Waals surface area contributed by atoms with Crippen molar-refractivity contribution in [1.29, 1.82) is 0 Å². The van der Waals surface area contributed by atoms with Crippen LogP contribution in [-0.4, -0.2) is 4.98 Å². The van der Waals surface area contributed by atoms with Crippen LogP contribution in [0.3, 0.4) is 0 Å². The molecule has 0 saturated carbocycles. The number of rotatable bonds is 7. The van der Waals surface area contributed by atoms with Crippen LogP contribution in [0.1, 0.15) is 51.0 Å². The lowest BCUT2D eigenvalue weighted by Gasteiger charge is -2.05. The Kier molecular flexibility index (Phi) is 5.81. The van der Waals surface area contributed by atoms with Crippen molar-refractivity contribution in [3.8, 4) is 0 Å². The maximum Gasteiger partial charge on any atom is 0.0498 e. The van der Waals surface area contributed by atoms with Gasteiger partial charge in [-0.2, -0.15) is 0 Å². The molecule has 0 atom stereocenters. The van der Waals surface area contributed by atoms with Crippen molar-refractivity contribution in [1.82, 2.24) is 4.98 Å². The number of aromatic amines is 1. The second kappa shape index (κ2) is 7.85. The molecule has 0 bridgehead atoms. The summed E-state index contributed by atoms with van der Waals surface area (Å²) in [5.74, 6) is 0. The van der Waals surface area contributed by atoms with E-state index in [-0.39, 0.29) is 0 Å². The maximum atomic E-state index is 3.69. The van der Waals surface area contributed by atoms with Crippen molar-refractivity contribution < 1.29 is 0 Å². The number of benzene rings is 2. The topological polar surface area (TPSA) is 15.8 Å². The van der Waals surface area contributed by atoms with E-state index in [0.29, 0.717) is 0 Å². The van der Waals surface area contributed by atoms with Gasteiger partial charge in [0.05, 0.1) is 0 Å². The molecule has 2 aromatic carbocycles. The quantitative estimate of drug-likeness (QED) is 0.364. The third-order valence-corrected chi connectivity index (χ3v) is 5.47. The highest BCUT2D eigenvalue weighted by Crippen LogP contribution is 2.33. The fraction of sp³-hybridized carbons (Fsp3) is 0.400. The van der Waals surface area contributed by atoms with Crippen molar-refractivity contribution >= 4 is 53.7 Å². The van der Waals surface area contributed by atoms with Crippen LogP contribution in [0.4, 0.5) is 0 Å². The predicted octanol–water partition coefficient (Wildman–Crippen LogP) is 7.75.